The fourth-order valence-corrected chi connectivity index (χ4v) is 3.07. The summed E-state index contributed by atoms with van der Waals surface area (Å²) in [4.78, 5) is 4.08. The van der Waals surface area contributed by atoms with Gasteiger partial charge in [-0.15, -0.1) is 12.1 Å². The Morgan fingerprint density at radius 2 is 1.73 bits per heavy atom. The molecule has 26 heavy (non-hydrogen) atoms. The number of anilines is 1. The van der Waals surface area contributed by atoms with Crippen molar-refractivity contribution in [2.45, 2.75) is 11.8 Å². The number of nitrogens with zero attached hydrogens (tertiary/aromatic N) is 3. The summed E-state index contributed by atoms with van der Waals surface area (Å²) in [6, 6.07) is 19.6. The molecule has 0 aliphatic heterocycles. The Labute approximate surface area is 177 Å². The van der Waals surface area contributed by atoms with E-state index in [9.17, 15) is 8.42 Å². The van der Waals surface area contributed by atoms with Gasteiger partial charge in [0.1, 0.15) is 5.82 Å². The number of aryl methyl sites for hydroxylation is 1. The summed E-state index contributed by atoms with van der Waals surface area (Å²) >= 11 is 0. The standard InChI is InChI=1S/C18H15N4O2S.Y/c1-14-5-4-6-16(13-14)21-20-15-8-10-17(11-9-15)25(23,24)22-18-7-2-3-12-19-18;/h2-4,6-13H,1H3,(H,19,22);/q-1;. The third-order valence-corrected chi connectivity index (χ3v) is 4.63. The van der Waals surface area contributed by atoms with Crippen LogP contribution in [-0.2, 0) is 42.7 Å². The molecule has 2 aromatic carbocycles. The first kappa shape index (κ1) is 20.4. The summed E-state index contributed by atoms with van der Waals surface area (Å²) in [5.41, 5.74) is 2.24. The molecule has 0 aliphatic carbocycles. The second kappa shape index (κ2) is 9.12. The number of benzene rings is 2. The molecule has 1 heterocycles. The Balaban J connectivity index is 0.00000243. The van der Waals surface area contributed by atoms with E-state index in [0.29, 0.717) is 11.4 Å². The van der Waals surface area contributed by atoms with Crippen LogP contribution in [-0.4, -0.2) is 13.4 Å². The van der Waals surface area contributed by atoms with Crippen molar-refractivity contribution in [2.24, 2.45) is 10.2 Å². The molecule has 0 amide bonds. The number of nitrogens with one attached hydrogen (secondary N) is 1. The van der Waals surface area contributed by atoms with E-state index in [-0.39, 0.29) is 43.4 Å². The largest absolute Gasteiger partial charge is 0.263 e. The Kier molecular flexibility index (Phi) is 7.14. The van der Waals surface area contributed by atoms with E-state index in [1.54, 1.807) is 42.5 Å². The third-order valence-electron chi connectivity index (χ3n) is 3.26. The van der Waals surface area contributed by atoms with Crippen molar-refractivity contribution in [3.63, 3.8) is 0 Å². The molecular formula is C18H15N4O2SY-. The Morgan fingerprint density at radius 1 is 1.00 bits per heavy atom. The van der Waals surface area contributed by atoms with Gasteiger partial charge in [-0.2, -0.15) is 27.9 Å². The van der Waals surface area contributed by atoms with Crippen LogP contribution >= 0.6 is 0 Å². The minimum absolute atomic E-state index is 0. The molecule has 0 unspecified atom stereocenters. The van der Waals surface area contributed by atoms with Crippen LogP contribution in [0, 0.1) is 13.0 Å². The zero-order valence-electron chi connectivity index (χ0n) is 14.0. The van der Waals surface area contributed by atoms with E-state index in [1.165, 1.54) is 18.3 Å². The van der Waals surface area contributed by atoms with Gasteiger partial charge in [0, 0.05) is 38.9 Å². The molecule has 1 N–H and O–H groups in total. The molecule has 0 saturated carbocycles. The van der Waals surface area contributed by atoms with Crippen LogP contribution in [0.2, 0.25) is 0 Å². The van der Waals surface area contributed by atoms with Crippen LogP contribution in [0.25, 0.3) is 0 Å². The Bertz CT molecular complexity index is 991. The molecule has 129 valence electrons. The van der Waals surface area contributed by atoms with Crippen LogP contribution < -0.4 is 4.72 Å². The van der Waals surface area contributed by atoms with Gasteiger partial charge >= 0.3 is 0 Å². The molecule has 1 aromatic heterocycles. The van der Waals surface area contributed by atoms with Gasteiger partial charge in [-0.05, 0) is 42.1 Å². The number of hydrogen-bond donors (Lipinski definition) is 1. The summed E-state index contributed by atoms with van der Waals surface area (Å²) in [5.74, 6) is 0.266. The van der Waals surface area contributed by atoms with Gasteiger partial charge in [0.25, 0.3) is 10.0 Å². The van der Waals surface area contributed by atoms with Crippen molar-refractivity contribution >= 4 is 27.2 Å². The van der Waals surface area contributed by atoms with Crippen molar-refractivity contribution in [3.8, 4) is 0 Å². The molecule has 0 spiro atoms. The number of azo groups is 1. The van der Waals surface area contributed by atoms with E-state index in [2.05, 4.69) is 26.0 Å². The Morgan fingerprint density at radius 3 is 2.38 bits per heavy atom. The van der Waals surface area contributed by atoms with Crippen LogP contribution in [0.15, 0.2) is 82.0 Å². The molecule has 0 aliphatic rings. The van der Waals surface area contributed by atoms with Crippen molar-refractivity contribution in [1.82, 2.24) is 4.98 Å². The summed E-state index contributed by atoms with van der Waals surface area (Å²) < 4.78 is 27.1. The molecule has 1 radical (unpaired) electrons. The van der Waals surface area contributed by atoms with Crippen molar-refractivity contribution in [1.29, 1.82) is 0 Å². The van der Waals surface area contributed by atoms with E-state index in [0.717, 1.165) is 5.56 Å². The van der Waals surface area contributed by atoms with Crippen molar-refractivity contribution in [2.75, 3.05) is 4.72 Å². The molecule has 3 aromatic rings. The summed E-state index contributed by atoms with van der Waals surface area (Å²) in [6.45, 7) is 1.92. The number of aromatic nitrogens is 1. The van der Waals surface area contributed by atoms with Gasteiger partial charge in [-0.3, -0.25) is 4.72 Å². The minimum Gasteiger partial charge on any atom is -0.263 e. The number of sulfonamides is 1. The van der Waals surface area contributed by atoms with Gasteiger partial charge in [-0.1, -0.05) is 13.0 Å². The summed E-state index contributed by atoms with van der Waals surface area (Å²) in [6.07, 6.45) is 1.52. The van der Waals surface area contributed by atoms with Crippen molar-refractivity contribution in [3.05, 3.63) is 78.5 Å². The average Bonchev–Trinajstić information content (AvgIpc) is 2.61. The first-order chi connectivity index (χ1) is 12.0. The Hall–Kier alpha value is -1.96. The van der Waals surface area contributed by atoms with E-state index in [4.69, 9.17) is 0 Å². The van der Waals surface area contributed by atoms with Crippen LogP contribution in [0.1, 0.15) is 5.56 Å². The van der Waals surface area contributed by atoms with Crippen molar-refractivity contribution < 1.29 is 41.1 Å². The van der Waals surface area contributed by atoms with Crippen LogP contribution in [0.3, 0.4) is 0 Å². The first-order valence-corrected chi connectivity index (χ1v) is 8.95. The SMILES string of the molecule is Cc1[c-]ccc(N=Nc2ccc(S(=O)(=O)Nc3ccccn3)cc2)c1.[Y]. The predicted octanol–water partition coefficient (Wildman–Crippen LogP) is 4.40. The molecule has 0 saturated heterocycles. The normalized spacial score (nSPS) is 11.1. The third kappa shape index (κ3) is 5.52. The summed E-state index contributed by atoms with van der Waals surface area (Å²) in [7, 11) is -3.69. The molecule has 0 atom stereocenters. The maximum Gasteiger partial charge on any atom is 0.263 e. The fraction of sp³-hybridized carbons (Fsp3) is 0.0556. The van der Waals surface area contributed by atoms with Gasteiger partial charge in [0.15, 0.2) is 0 Å². The second-order valence-corrected chi connectivity index (χ2v) is 6.93. The molecule has 0 fully saturated rings. The van der Waals surface area contributed by atoms with E-state index >= 15 is 0 Å². The molecule has 3 rings (SSSR count). The quantitative estimate of drug-likeness (QED) is 0.472. The monoisotopic (exact) mass is 440 g/mol. The number of pyridine rings is 1. The van der Waals surface area contributed by atoms with Crippen LogP contribution in [0.4, 0.5) is 17.2 Å². The smallest absolute Gasteiger partial charge is 0.263 e. The van der Waals surface area contributed by atoms with Gasteiger partial charge in [0.05, 0.1) is 10.6 Å². The average molecular weight is 440 g/mol. The zero-order valence-corrected chi connectivity index (χ0v) is 17.6. The van der Waals surface area contributed by atoms with E-state index in [1.807, 2.05) is 13.0 Å². The van der Waals surface area contributed by atoms with Gasteiger partial charge < -0.3 is 0 Å². The maximum atomic E-state index is 12.3. The van der Waals surface area contributed by atoms with Gasteiger partial charge in [-0.25, -0.2) is 13.4 Å². The number of hydrogen-bond acceptors (Lipinski definition) is 5. The molecule has 0 bridgehead atoms. The van der Waals surface area contributed by atoms with E-state index < -0.39 is 10.0 Å². The second-order valence-electron chi connectivity index (χ2n) is 5.24. The molecule has 6 nitrogen and oxygen atoms in total. The molecular weight excluding hydrogens is 425 g/mol. The maximum absolute atomic E-state index is 12.3. The van der Waals surface area contributed by atoms with Gasteiger partial charge in [0.2, 0.25) is 0 Å². The number of rotatable bonds is 5. The topological polar surface area (TPSA) is 83.8 Å². The summed E-state index contributed by atoms with van der Waals surface area (Å²) in [5, 5.41) is 8.24. The minimum atomic E-state index is -3.69. The fourth-order valence-electron chi connectivity index (χ4n) is 2.06. The van der Waals surface area contributed by atoms with Crippen LogP contribution in [0.5, 0.6) is 0 Å². The zero-order chi connectivity index (χ0) is 17.7. The first-order valence-electron chi connectivity index (χ1n) is 7.47. The molecule has 8 heteroatoms. The predicted molar refractivity (Wildman–Crippen MR) is 95.7 cm³/mol.